The molecule has 1 aromatic carbocycles. The fraction of sp³-hybridized carbons (Fsp3) is 0.562. The normalized spacial score (nSPS) is 26.5. The van der Waals surface area contributed by atoms with Crippen molar-refractivity contribution in [3.8, 4) is 0 Å². The van der Waals surface area contributed by atoms with Crippen LogP contribution < -0.4 is 5.32 Å². The molecule has 1 amide bonds. The predicted octanol–water partition coefficient (Wildman–Crippen LogP) is 2.67. The average molecular weight is 258 g/mol. The second-order valence-electron chi connectivity index (χ2n) is 5.92. The van der Waals surface area contributed by atoms with Crippen molar-refractivity contribution in [3.63, 3.8) is 0 Å². The number of hydrogen-bond acceptors (Lipinski definition) is 2. The maximum Gasteiger partial charge on any atom is 0.245 e. The minimum Gasteiger partial charge on any atom is -0.373 e. The number of carbonyl (C=O) groups excluding carboxylic acids is 1. The van der Waals surface area contributed by atoms with E-state index in [1.807, 2.05) is 12.1 Å². The Bertz CT molecular complexity index is 447. The Morgan fingerprint density at radius 1 is 1.26 bits per heavy atom. The van der Waals surface area contributed by atoms with Crippen molar-refractivity contribution >= 4 is 11.6 Å². The van der Waals surface area contributed by atoms with Gasteiger partial charge >= 0.3 is 0 Å². The number of hydrogen-bond donors (Lipinski definition) is 1. The summed E-state index contributed by atoms with van der Waals surface area (Å²) < 4.78 is 0. The fourth-order valence-electron chi connectivity index (χ4n) is 3.15. The summed E-state index contributed by atoms with van der Waals surface area (Å²) >= 11 is 0. The zero-order valence-electron chi connectivity index (χ0n) is 11.6. The summed E-state index contributed by atoms with van der Waals surface area (Å²) in [7, 11) is 0. The maximum absolute atomic E-state index is 12.6. The molecule has 1 fully saturated rings. The van der Waals surface area contributed by atoms with Gasteiger partial charge in [0.15, 0.2) is 0 Å². The highest BCUT2D eigenvalue weighted by Gasteiger charge is 2.30. The van der Waals surface area contributed by atoms with Gasteiger partial charge in [0.05, 0.1) is 0 Å². The number of para-hydroxylation sites is 1. The van der Waals surface area contributed by atoms with Gasteiger partial charge in [0, 0.05) is 25.2 Å². The molecule has 3 heteroatoms. The van der Waals surface area contributed by atoms with Crippen LogP contribution in [0.4, 0.5) is 5.69 Å². The topological polar surface area (TPSA) is 32.3 Å². The Morgan fingerprint density at radius 2 is 2.11 bits per heavy atom. The maximum atomic E-state index is 12.6. The molecular formula is C16H22N2O. The molecule has 0 radical (unpaired) electrons. The molecule has 0 aromatic heterocycles. The van der Waals surface area contributed by atoms with Crippen LogP contribution in [-0.4, -0.2) is 29.9 Å². The van der Waals surface area contributed by atoms with Gasteiger partial charge < -0.3 is 10.2 Å². The lowest BCUT2D eigenvalue weighted by Crippen LogP contribution is -2.42. The molecule has 2 aliphatic heterocycles. The van der Waals surface area contributed by atoms with Gasteiger partial charge in [-0.3, -0.25) is 4.79 Å². The van der Waals surface area contributed by atoms with E-state index >= 15 is 0 Å². The fourth-order valence-corrected chi connectivity index (χ4v) is 3.15. The quantitative estimate of drug-likeness (QED) is 0.840. The Kier molecular flexibility index (Phi) is 3.45. The lowest BCUT2D eigenvalue weighted by atomic mass is 10.0. The summed E-state index contributed by atoms with van der Waals surface area (Å²) in [5.41, 5.74) is 2.40. The van der Waals surface area contributed by atoms with Crippen LogP contribution >= 0.6 is 0 Å². The van der Waals surface area contributed by atoms with Crippen molar-refractivity contribution in [3.05, 3.63) is 29.8 Å². The van der Waals surface area contributed by atoms with E-state index in [1.54, 1.807) is 0 Å². The minimum atomic E-state index is -0.0502. The second-order valence-corrected chi connectivity index (χ2v) is 5.92. The number of nitrogens with one attached hydrogen (secondary N) is 1. The van der Waals surface area contributed by atoms with Crippen LogP contribution in [0, 0.1) is 5.92 Å². The van der Waals surface area contributed by atoms with Gasteiger partial charge in [0.1, 0.15) is 6.04 Å². The van der Waals surface area contributed by atoms with Gasteiger partial charge in [0.2, 0.25) is 5.91 Å². The SMILES string of the molecule is CC1CCCN(C(=O)[C@@H]2Cc3ccccc3N2)CC1. The van der Waals surface area contributed by atoms with E-state index in [-0.39, 0.29) is 11.9 Å². The van der Waals surface area contributed by atoms with Gasteiger partial charge in [-0.25, -0.2) is 0 Å². The minimum absolute atomic E-state index is 0.0502. The molecule has 1 unspecified atom stereocenters. The van der Waals surface area contributed by atoms with E-state index in [4.69, 9.17) is 0 Å². The van der Waals surface area contributed by atoms with Gasteiger partial charge in [-0.2, -0.15) is 0 Å². The lowest BCUT2D eigenvalue weighted by Gasteiger charge is -2.24. The lowest BCUT2D eigenvalue weighted by molar-refractivity contribution is -0.131. The van der Waals surface area contributed by atoms with E-state index < -0.39 is 0 Å². The molecule has 1 saturated heterocycles. The molecule has 3 rings (SSSR count). The summed E-state index contributed by atoms with van der Waals surface area (Å²) in [4.78, 5) is 14.7. The van der Waals surface area contributed by atoms with Crippen molar-refractivity contribution in [1.29, 1.82) is 0 Å². The number of carbonyl (C=O) groups is 1. The summed E-state index contributed by atoms with van der Waals surface area (Å²) in [5, 5.41) is 3.37. The monoisotopic (exact) mass is 258 g/mol. The molecule has 0 bridgehead atoms. The molecule has 0 aliphatic carbocycles. The Balaban J connectivity index is 1.66. The van der Waals surface area contributed by atoms with Crippen molar-refractivity contribution < 1.29 is 4.79 Å². The second kappa shape index (κ2) is 5.24. The first kappa shape index (κ1) is 12.5. The first-order valence-corrected chi connectivity index (χ1v) is 7.37. The van der Waals surface area contributed by atoms with Gasteiger partial charge in [-0.1, -0.05) is 25.1 Å². The van der Waals surface area contributed by atoms with Gasteiger partial charge in [-0.15, -0.1) is 0 Å². The third-order valence-corrected chi connectivity index (χ3v) is 4.40. The Labute approximate surface area is 115 Å². The number of anilines is 1. The van der Waals surface area contributed by atoms with Crippen LogP contribution in [0.15, 0.2) is 24.3 Å². The third-order valence-electron chi connectivity index (χ3n) is 4.40. The average Bonchev–Trinajstić information content (AvgIpc) is 2.74. The zero-order chi connectivity index (χ0) is 13.2. The third kappa shape index (κ3) is 2.60. The molecule has 0 spiro atoms. The van der Waals surface area contributed by atoms with E-state index in [2.05, 4.69) is 29.3 Å². The largest absolute Gasteiger partial charge is 0.373 e. The van der Waals surface area contributed by atoms with Crippen LogP contribution in [0.5, 0.6) is 0 Å². The standard InChI is InChI=1S/C16H22N2O/c1-12-5-4-9-18(10-8-12)16(19)15-11-13-6-2-3-7-14(13)17-15/h2-3,6-7,12,15,17H,4-5,8-11H2,1H3/t12?,15-/m0/s1. The highest BCUT2D eigenvalue weighted by Crippen LogP contribution is 2.27. The summed E-state index contributed by atoms with van der Waals surface area (Å²) in [5.74, 6) is 1.04. The van der Waals surface area contributed by atoms with Crippen LogP contribution in [-0.2, 0) is 11.2 Å². The zero-order valence-corrected chi connectivity index (χ0v) is 11.6. The highest BCUT2D eigenvalue weighted by atomic mass is 16.2. The predicted molar refractivity (Wildman–Crippen MR) is 77.2 cm³/mol. The number of fused-ring (bicyclic) bond motifs is 1. The summed E-state index contributed by atoms with van der Waals surface area (Å²) in [6, 6.07) is 8.19. The molecule has 102 valence electrons. The van der Waals surface area contributed by atoms with Crippen LogP contribution in [0.3, 0.4) is 0 Å². The number of amides is 1. The van der Waals surface area contributed by atoms with Gasteiger partial charge in [-0.05, 0) is 36.8 Å². The molecule has 2 atom stereocenters. The highest BCUT2D eigenvalue weighted by molar-refractivity contribution is 5.87. The van der Waals surface area contributed by atoms with E-state index in [1.165, 1.54) is 12.0 Å². The molecule has 1 N–H and O–H groups in total. The number of benzene rings is 1. The van der Waals surface area contributed by atoms with Crippen molar-refractivity contribution in [2.75, 3.05) is 18.4 Å². The molecule has 19 heavy (non-hydrogen) atoms. The first-order valence-electron chi connectivity index (χ1n) is 7.37. The van der Waals surface area contributed by atoms with E-state index in [9.17, 15) is 4.79 Å². The number of likely N-dealkylation sites (tertiary alicyclic amines) is 1. The number of nitrogens with zero attached hydrogens (tertiary/aromatic N) is 1. The van der Waals surface area contributed by atoms with E-state index in [0.29, 0.717) is 0 Å². The Morgan fingerprint density at radius 3 is 2.95 bits per heavy atom. The molecule has 0 saturated carbocycles. The smallest absolute Gasteiger partial charge is 0.245 e. The van der Waals surface area contributed by atoms with Crippen molar-refractivity contribution in [2.45, 2.75) is 38.6 Å². The Hall–Kier alpha value is -1.51. The van der Waals surface area contributed by atoms with Crippen LogP contribution in [0.1, 0.15) is 31.7 Å². The molecule has 3 nitrogen and oxygen atoms in total. The van der Waals surface area contributed by atoms with Crippen molar-refractivity contribution in [2.24, 2.45) is 5.92 Å². The van der Waals surface area contributed by atoms with Crippen LogP contribution in [0.2, 0.25) is 0 Å². The number of rotatable bonds is 1. The first-order chi connectivity index (χ1) is 9.24. The summed E-state index contributed by atoms with van der Waals surface area (Å²) in [6.07, 6.45) is 4.38. The molecule has 2 heterocycles. The molecule has 2 aliphatic rings. The van der Waals surface area contributed by atoms with Crippen molar-refractivity contribution in [1.82, 2.24) is 4.90 Å². The summed E-state index contributed by atoms with van der Waals surface area (Å²) in [6.45, 7) is 4.14. The van der Waals surface area contributed by atoms with Gasteiger partial charge in [0.25, 0.3) is 0 Å². The van der Waals surface area contributed by atoms with Crippen LogP contribution in [0.25, 0.3) is 0 Å². The van der Waals surface area contributed by atoms with E-state index in [0.717, 1.165) is 44.0 Å². The molecule has 1 aromatic rings. The molecular weight excluding hydrogens is 236 g/mol.